The van der Waals surface area contributed by atoms with E-state index in [9.17, 15) is 4.79 Å². The minimum absolute atomic E-state index is 0.198. The quantitative estimate of drug-likeness (QED) is 0.562. The number of nitrogen functional groups attached to an aromatic ring is 2. The zero-order chi connectivity index (χ0) is 13.7. The van der Waals surface area contributed by atoms with Gasteiger partial charge in [0.1, 0.15) is 0 Å². The van der Waals surface area contributed by atoms with Crippen LogP contribution in [0.25, 0.3) is 0 Å². The molecule has 0 fully saturated rings. The molecule has 0 saturated carbocycles. The Balaban J connectivity index is 1.84. The second-order valence-electron chi connectivity index (χ2n) is 4.33. The van der Waals surface area contributed by atoms with Crippen LogP contribution < -0.4 is 16.8 Å². The van der Waals surface area contributed by atoms with Crippen LogP contribution in [0.15, 0.2) is 42.6 Å². The van der Waals surface area contributed by atoms with Crippen molar-refractivity contribution in [1.82, 2.24) is 5.32 Å². The molecule has 2 rings (SSSR count). The third-order valence-corrected chi connectivity index (χ3v) is 2.74. The van der Waals surface area contributed by atoms with E-state index in [1.54, 1.807) is 18.2 Å². The minimum atomic E-state index is -0.408. The largest absolute Gasteiger partial charge is 0.462 e. The van der Waals surface area contributed by atoms with Crippen molar-refractivity contribution in [2.24, 2.45) is 0 Å². The van der Waals surface area contributed by atoms with Crippen molar-refractivity contribution in [3.05, 3.63) is 48.2 Å². The summed E-state index contributed by atoms with van der Waals surface area (Å²) in [6.45, 7) is 0.337. The lowest BCUT2D eigenvalue weighted by Gasteiger charge is -2.15. The van der Waals surface area contributed by atoms with Gasteiger partial charge in [0.15, 0.2) is 0 Å². The third kappa shape index (κ3) is 3.77. The van der Waals surface area contributed by atoms with Gasteiger partial charge in [-0.05, 0) is 30.5 Å². The number of ether oxygens (including phenoxy) is 1. The summed E-state index contributed by atoms with van der Waals surface area (Å²) in [5.41, 5.74) is 12.5. The molecule has 5 heteroatoms. The predicted octanol–water partition coefficient (Wildman–Crippen LogP) is 1.44. The fourth-order valence-electron chi connectivity index (χ4n) is 1.82. The van der Waals surface area contributed by atoms with E-state index in [-0.39, 0.29) is 6.04 Å². The Labute approximate surface area is 111 Å². The van der Waals surface area contributed by atoms with E-state index in [1.807, 2.05) is 24.4 Å². The highest BCUT2D eigenvalue weighted by atomic mass is 16.5. The Kier molecular flexibility index (Phi) is 4.07. The molecule has 1 aromatic carbocycles. The normalized spacial score (nSPS) is 16.9. The number of dihydropyridines is 1. The molecule has 0 amide bonds. The van der Waals surface area contributed by atoms with Crippen LogP contribution in [-0.2, 0) is 4.74 Å². The molecule has 0 aromatic heterocycles. The van der Waals surface area contributed by atoms with Gasteiger partial charge in [-0.25, -0.2) is 4.79 Å². The van der Waals surface area contributed by atoms with Gasteiger partial charge < -0.3 is 21.5 Å². The number of hydrogen-bond donors (Lipinski definition) is 3. The molecule has 19 heavy (non-hydrogen) atoms. The maximum Gasteiger partial charge on any atom is 0.338 e. The fraction of sp³-hybridized carbons (Fsp3) is 0.214. The van der Waals surface area contributed by atoms with E-state index in [4.69, 9.17) is 16.2 Å². The number of carbonyl (C=O) groups is 1. The van der Waals surface area contributed by atoms with Crippen molar-refractivity contribution in [2.75, 3.05) is 18.1 Å². The first-order valence-electron chi connectivity index (χ1n) is 6.08. The minimum Gasteiger partial charge on any atom is -0.462 e. The average Bonchev–Trinajstić information content (AvgIpc) is 2.38. The summed E-state index contributed by atoms with van der Waals surface area (Å²) < 4.78 is 5.19. The van der Waals surface area contributed by atoms with Crippen LogP contribution in [0.3, 0.4) is 0 Å². The van der Waals surface area contributed by atoms with E-state index in [1.165, 1.54) is 0 Å². The van der Waals surface area contributed by atoms with Gasteiger partial charge in [-0.3, -0.25) is 0 Å². The molecule has 1 aliphatic heterocycles. The number of hydrogen-bond acceptors (Lipinski definition) is 5. The van der Waals surface area contributed by atoms with Crippen LogP contribution >= 0.6 is 0 Å². The lowest BCUT2D eigenvalue weighted by molar-refractivity contribution is 0.0495. The van der Waals surface area contributed by atoms with Crippen molar-refractivity contribution in [3.63, 3.8) is 0 Å². The van der Waals surface area contributed by atoms with Crippen LogP contribution in [-0.4, -0.2) is 18.6 Å². The summed E-state index contributed by atoms with van der Waals surface area (Å²) in [6, 6.07) is 4.91. The van der Waals surface area contributed by atoms with E-state index < -0.39 is 5.97 Å². The Morgan fingerprint density at radius 1 is 1.21 bits per heavy atom. The van der Waals surface area contributed by atoms with Crippen LogP contribution in [0, 0.1) is 0 Å². The van der Waals surface area contributed by atoms with Crippen molar-refractivity contribution in [1.29, 1.82) is 0 Å². The topological polar surface area (TPSA) is 90.4 Å². The number of carbonyl (C=O) groups excluding carboxylic acids is 1. The summed E-state index contributed by atoms with van der Waals surface area (Å²) in [7, 11) is 0. The van der Waals surface area contributed by atoms with Crippen LogP contribution in [0.5, 0.6) is 0 Å². The lowest BCUT2D eigenvalue weighted by Crippen LogP contribution is -2.25. The second-order valence-corrected chi connectivity index (χ2v) is 4.33. The van der Waals surface area contributed by atoms with Crippen LogP contribution in [0.4, 0.5) is 11.4 Å². The molecule has 100 valence electrons. The molecule has 0 aliphatic carbocycles. The van der Waals surface area contributed by atoms with Crippen molar-refractivity contribution in [2.45, 2.75) is 12.5 Å². The first-order valence-corrected chi connectivity index (χ1v) is 6.08. The number of benzene rings is 1. The number of esters is 1. The van der Waals surface area contributed by atoms with Crippen LogP contribution in [0.1, 0.15) is 16.8 Å². The Bertz CT molecular complexity index is 503. The summed E-state index contributed by atoms with van der Waals surface area (Å²) in [5.74, 6) is -0.408. The molecule has 1 atom stereocenters. The molecule has 0 radical (unpaired) electrons. The summed E-state index contributed by atoms with van der Waals surface area (Å²) >= 11 is 0. The number of nitrogens with two attached hydrogens (primary N) is 2. The summed E-state index contributed by atoms with van der Waals surface area (Å²) in [6.07, 6.45) is 8.47. The highest BCUT2D eigenvalue weighted by Gasteiger charge is 2.10. The molecule has 0 saturated heterocycles. The molecule has 1 heterocycles. The third-order valence-electron chi connectivity index (χ3n) is 2.74. The number of nitrogens with one attached hydrogen (secondary N) is 1. The number of rotatable bonds is 4. The van der Waals surface area contributed by atoms with Crippen molar-refractivity contribution >= 4 is 17.3 Å². The number of anilines is 2. The van der Waals surface area contributed by atoms with Crippen LogP contribution in [0.2, 0.25) is 0 Å². The number of allylic oxidation sites excluding steroid dienone is 2. The standard InChI is InChI=1S/C14H17N3O2/c15-11-7-10(8-12(16)9-11)14(18)19-6-4-13-3-1-2-5-17-13/h1-3,5,7-9,13,17H,4,6,15-16H2. The van der Waals surface area contributed by atoms with E-state index in [2.05, 4.69) is 5.32 Å². The van der Waals surface area contributed by atoms with Crippen molar-refractivity contribution in [3.8, 4) is 0 Å². The summed E-state index contributed by atoms with van der Waals surface area (Å²) in [4.78, 5) is 11.8. The van der Waals surface area contributed by atoms with Gasteiger partial charge in [0.25, 0.3) is 0 Å². The van der Waals surface area contributed by atoms with E-state index in [0.29, 0.717) is 30.0 Å². The van der Waals surface area contributed by atoms with E-state index >= 15 is 0 Å². The monoisotopic (exact) mass is 259 g/mol. The molecule has 1 unspecified atom stereocenters. The second kappa shape index (κ2) is 5.95. The highest BCUT2D eigenvalue weighted by Crippen LogP contribution is 2.14. The van der Waals surface area contributed by atoms with Crippen molar-refractivity contribution < 1.29 is 9.53 Å². The average molecular weight is 259 g/mol. The van der Waals surface area contributed by atoms with Gasteiger partial charge in [0.05, 0.1) is 12.2 Å². The molecular formula is C14H17N3O2. The smallest absolute Gasteiger partial charge is 0.338 e. The van der Waals surface area contributed by atoms with Gasteiger partial charge in [-0.2, -0.15) is 0 Å². The predicted molar refractivity (Wildman–Crippen MR) is 75.4 cm³/mol. The Morgan fingerprint density at radius 3 is 2.58 bits per heavy atom. The SMILES string of the molecule is Nc1cc(N)cc(C(=O)OCCC2C=CC=CN2)c1. The van der Waals surface area contributed by atoms with Gasteiger partial charge in [0, 0.05) is 23.8 Å². The summed E-state index contributed by atoms with van der Waals surface area (Å²) in [5, 5.41) is 3.15. The first-order chi connectivity index (χ1) is 9.15. The van der Waals surface area contributed by atoms with Gasteiger partial charge in [0.2, 0.25) is 0 Å². The maximum absolute atomic E-state index is 11.8. The van der Waals surface area contributed by atoms with Gasteiger partial charge >= 0.3 is 5.97 Å². The zero-order valence-electron chi connectivity index (χ0n) is 10.5. The molecular weight excluding hydrogens is 242 g/mol. The molecule has 0 bridgehead atoms. The Morgan fingerprint density at radius 2 is 1.95 bits per heavy atom. The van der Waals surface area contributed by atoms with Gasteiger partial charge in [-0.1, -0.05) is 12.2 Å². The van der Waals surface area contributed by atoms with E-state index in [0.717, 1.165) is 0 Å². The first kappa shape index (κ1) is 13.0. The maximum atomic E-state index is 11.8. The Hall–Kier alpha value is -2.43. The molecule has 0 spiro atoms. The molecule has 1 aliphatic rings. The molecule has 5 nitrogen and oxygen atoms in total. The fourth-order valence-corrected chi connectivity index (χ4v) is 1.82. The highest BCUT2D eigenvalue weighted by molar-refractivity contribution is 5.91. The van der Waals surface area contributed by atoms with Gasteiger partial charge in [-0.15, -0.1) is 0 Å². The zero-order valence-corrected chi connectivity index (χ0v) is 10.5. The molecule has 1 aromatic rings. The lowest BCUT2D eigenvalue weighted by atomic mass is 10.1. The molecule has 5 N–H and O–H groups in total.